The molecule has 1 fully saturated rings. The van der Waals surface area contributed by atoms with Gasteiger partial charge in [-0.3, -0.25) is 0 Å². The largest absolute Gasteiger partial charge is 0.472 e. The minimum Gasteiger partial charge on any atom is -0.472 e. The Morgan fingerprint density at radius 1 is 1.20 bits per heavy atom. The molecule has 4 rings (SSSR count). The third kappa shape index (κ3) is 3.95. The molecule has 1 aliphatic heterocycles. The molecule has 7 heteroatoms. The van der Waals surface area contributed by atoms with Crippen LogP contribution in [-0.4, -0.2) is 34.4 Å². The number of pyridine rings is 1. The van der Waals surface area contributed by atoms with E-state index in [1.807, 2.05) is 42.5 Å². The first-order chi connectivity index (χ1) is 12.4. The highest BCUT2D eigenvalue weighted by Gasteiger charge is 2.17. The van der Waals surface area contributed by atoms with E-state index in [1.54, 1.807) is 6.20 Å². The van der Waals surface area contributed by atoms with E-state index in [9.17, 15) is 0 Å². The second-order valence-corrected chi connectivity index (χ2v) is 5.75. The van der Waals surface area contributed by atoms with Gasteiger partial charge in [0.25, 0.3) is 11.8 Å². The van der Waals surface area contributed by atoms with Crippen molar-refractivity contribution in [2.24, 2.45) is 0 Å². The first-order valence-electron chi connectivity index (χ1n) is 8.19. The molecular formula is C18H18N4O3. The molecule has 1 saturated heterocycles. The van der Waals surface area contributed by atoms with Crippen molar-refractivity contribution >= 4 is 5.95 Å². The summed E-state index contributed by atoms with van der Waals surface area (Å²) in [5, 5.41) is 7.10. The van der Waals surface area contributed by atoms with Gasteiger partial charge in [-0.15, -0.1) is 0 Å². The van der Waals surface area contributed by atoms with Crippen LogP contribution in [0.1, 0.15) is 12.0 Å². The molecule has 0 radical (unpaired) electrons. The lowest BCUT2D eigenvalue weighted by atomic mass is 10.2. The molecule has 7 nitrogen and oxygen atoms in total. The lowest BCUT2D eigenvalue weighted by Gasteiger charge is -2.11. The number of hydrogen-bond donors (Lipinski definition) is 1. The second-order valence-electron chi connectivity index (χ2n) is 5.75. The summed E-state index contributed by atoms with van der Waals surface area (Å²) in [4.78, 5) is 8.60. The predicted molar refractivity (Wildman–Crippen MR) is 91.1 cm³/mol. The quantitative estimate of drug-likeness (QED) is 0.740. The summed E-state index contributed by atoms with van der Waals surface area (Å²) in [6.07, 6.45) is 2.71. The fourth-order valence-electron chi connectivity index (χ4n) is 2.58. The third-order valence-corrected chi connectivity index (χ3v) is 3.87. The average molecular weight is 338 g/mol. The van der Waals surface area contributed by atoms with E-state index in [2.05, 4.69) is 20.4 Å². The first kappa shape index (κ1) is 15.6. The highest BCUT2D eigenvalue weighted by Crippen LogP contribution is 2.19. The van der Waals surface area contributed by atoms with Gasteiger partial charge in [0.15, 0.2) is 0 Å². The monoisotopic (exact) mass is 338 g/mol. The smallest absolute Gasteiger partial charge is 0.264 e. The van der Waals surface area contributed by atoms with Crippen molar-refractivity contribution in [1.29, 1.82) is 0 Å². The van der Waals surface area contributed by atoms with Crippen molar-refractivity contribution < 1.29 is 14.0 Å². The molecule has 1 N–H and O–H groups in total. The maximum Gasteiger partial charge on any atom is 0.264 e. The molecule has 128 valence electrons. The summed E-state index contributed by atoms with van der Waals surface area (Å²) in [6, 6.07) is 13.5. The van der Waals surface area contributed by atoms with Gasteiger partial charge in [-0.2, -0.15) is 4.98 Å². The Kier molecular flexibility index (Phi) is 4.56. The summed E-state index contributed by atoms with van der Waals surface area (Å²) in [5.41, 5.74) is 1.91. The van der Waals surface area contributed by atoms with Crippen molar-refractivity contribution in [3.05, 3.63) is 54.2 Å². The molecule has 0 saturated carbocycles. The molecule has 0 spiro atoms. The van der Waals surface area contributed by atoms with Crippen LogP contribution >= 0.6 is 0 Å². The maximum atomic E-state index is 5.82. The number of ether oxygens (including phenoxy) is 2. The summed E-state index contributed by atoms with van der Waals surface area (Å²) >= 11 is 0. The van der Waals surface area contributed by atoms with Crippen LogP contribution in [-0.2, 0) is 11.3 Å². The molecule has 0 amide bonds. The van der Waals surface area contributed by atoms with E-state index in [4.69, 9.17) is 14.0 Å². The van der Waals surface area contributed by atoms with E-state index < -0.39 is 0 Å². The van der Waals surface area contributed by atoms with Crippen LogP contribution in [0.15, 0.2) is 53.2 Å². The molecular weight excluding hydrogens is 320 g/mol. The lowest BCUT2D eigenvalue weighted by molar-refractivity contribution is 0.138. The lowest BCUT2D eigenvalue weighted by Crippen LogP contribution is -2.16. The van der Waals surface area contributed by atoms with Crippen molar-refractivity contribution in [2.75, 3.05) is 18.5 Å². The van der Waals surface area contributed by atoms with E-state index in [-0.39, 0.29) is 6.10 Å². The van der Waals surface area contributed by atoms with E-state index in [1.165, 1.54) is 0 Å². The minimum absolute atomic E-state index is 0.0846. The second kappa shape index (κ2) is 7.31. The zero-order chi connectivity index (χ0) is 16.9. The number of rotatable bonds is 6. The van der Waals surface area contributed by atoms with Gasteiger partial charge < -0.3 is 19.3 Å². The average Bonchev–Trinajstić information content (AvgIpc) is 3.33. The van der Waals surface area contributed by atoms with Crippen LogP contribution < -0.4 is 10.1 Å². The molecule has 1 atom stereocenters. The maximum absolute atomic E-state index is 5.82. The number of anilines is 1. The summed E-state index contributed by atoms with van der Waals surface area (Å²) in [5.74, 6) is 1.54. The van der Waals surface area contributed by atoms with Gasteiger partial charge in [0.1, 0.15) is 6.10 Å². The van der Waals surface area contributed by atoms with E-state index in [0.29, 0.717) is 30.9 Å². The normalized spacial score (nSPS) is 16.7. The number of hydrogen-bond acceptors (Lipinski definition) is 7. The summed E-state index contributed by atoms with van der Waals surface area (Å²) in [6.45, 7) is 1.91. The number of nitrogens with one attached hydrogen (secondary N) is 1. The Morgan fingerprint density at radius 2 is 2.12 bits per heavy atom. The predicted octanol–water partition coefficient (Wildman–Crippen LogP) is 2.91. The van der Waals surface area contributed by atoms with Crippen molar-refractivity contribution in [3.8, 4) is 17.3 Å². The van der Waals surface area contributed by atoms with Gasteiger partial charge in [-0.25, -0.2) is 4.98 Å². The Labute approximate surface area is 145 Å². The molecule has 0 aliphatic carbocycles. The molecule has 0 bridgehead atoms. The van der Waals surface area contributed by atoms with Gasteiger partial charge >= 0.3 is 0 Å². The Hall–Kier alpha value is -2.93. The van der Waals surface area contributed by atoms with Gasteiger partial charge in [-0.05, 0) is 28.9 Å². The molecule has 3 heterocycles. The first-order valence-corrected chi connectivity index (χ1v) is 8.19. The molecule has 3 aromatic rings. The standard InChI is InChI=1S/C18H18N4O3/c1-2-4-14(5-3-1)17-21-18(22-25-17)20-11-13-6-8-19-16(10-13)24-15-7-9-23-12-15/h1-6,8,10,15H,7,9,11-12H2,(H,20,22). The fraction of sp³-hybridized carbons (Fsp3) is 0.278. The molecule has 1 aliphatic rings. The number of aromatic nitrogens is 3. The number of nitrogens with zero attached hydrogens (tertiary/aromatic N) is 3. The highest BCUT2D eigenvalue weighted by atomic mass is 16.5. The Balaban J connectivity index is 1.37. The topological polar surface area (TPSA) is 82.3 Å². The van der Waals surface area contributed by atoms with Gasteiger partial charge in [0.05, 0.1) is 13.2 Å². The van der Waals surface area contributed by atoms with Gasteiger partial charge in [0, 0.05) is 30.8 Å². The van der Waals surface area contributed by atoms with Crippen LogP contribution in [0.25, 0.3) is 11.5 Å². The molecule has 1 unspecified atom stereocenters. The van der Waals surface area contributed by atoms with Crippen molar-refractivity contribution in [2.45, 2.75) is 19.1 Å². The van der Waals surface area contributed by atoms with Crippen LogP contribution in [0.2, 0.25) is 0 Å². The van der Waals surface area contributed by atoms with Crippen LogP contribution in [0.3, 0.4) is 0 Å². The summed E-state index contributed by atoms with van der Waals surface area (Å²) in [7, 11) is 0. The van der Waals surface area contributed by atoms with Crippen LogP contribution in [0.4, 0.5) is 5.95 Å². The molecule has 2 aromatic heterocycles. The molecule has 1 aromatic carbocycles. The van der Waals surface area contributed by atoms with Crippen molar-refractivity contribution in [1.82, 2.24) is 15.1 Å². The van der Waals surface area contributed by atoms with Gasteiger partial charge in [0.2, 0.25) is 5.88 Å². The van der Waals surface area contributed by atoms with E-state index in [0.717, 1.165) is 24.2 Å². The van der Waals surface area contributed by atoms with Crippen LogP contribution in [0.5, 0.6) is 5.88 Å². The highest BCUT2D eigenvalue weighted by molar-refractivity contribution is 5.53. The number of benzene rings is 1. The SMILES string of the molecule is c1ccc(-c2nc(NCc3ccnc(OC4CCOC4)c3)no2)cc1. The zero-order valence-electron chi connectivity index (χ0n) is 13.6. The van der Waals surface area contributed by atoms with E-state index >= 15 is 0 Å². The van der Waals surface area contributed by atoms with Gasteiger partial charge in [-0.1, -0.05) is 18.2 Å². The Morgan fingerprint density at radius 3 is 2.96 bits per heavy atom. The zero-order valence-corrected chi connectivity index (χ0v) is 13.6. The fourth-order valence-corrected chi connectivity index (χ4v) is 2.58. The third-order valence-electron chi connectivity index (χ3n) is 3.87. The van der Waals surface area contributed by atoms with Crippen LogP contribution in [0, 0.1) is 0 Å². The molecule has 25 heavy (non-hydrogen) atoms. The minimum atomic E-state index is 0.0846. The Bertz CT molecular complexity index is 816. The van der Waals surface area contributed by atoms with Crippen molar-refractivity contribution in [3.63, 3.8) is 0 Å². The summed E-state index contributed by atoms with van der Waals surface area (Å²) < 4.78 is 16.4.